The van der Waals surface area contributed by atoms with Crippen LogP contribution in [0.1, 0.15) is 30.4 Å². The Bertz CT molecular complexity index is 521. The first kappa shape index (κ1) is 15.8. The highest BCUT2D eigenvalue weighted by atomic mass is 16.3. The Hall–Kier alpha value is -1.58. The number of hydrogen-bond acceptors (Lipinski definition) is 3. The van der Waals surface area contributed by atoms with Gasteiger partial charge in [0.2, 0.25) is 0 Å². The second-order valence-corrected chi connectivity index (χ2v) is 5.59. The van der Waals surface area contributed by atoms with E-state index in [0.717, 1.165) is 31.0 Å². The summed E-state index contributed by atoms with van der Waals surface area (Å²) in [4.78, 5) is 2.26. The van der Waals surface area contributed by atoms with Gasteiger partial charge in [-0.25, -0.2) is 0 Å². The highest BCUT2D eigenvalue weighted by Gasteiger charge is 2.13. The van der Waals surface area contributed by atoms with Crippen LogP contribution in [0.4, 0.5) is 0 Å². The molecular formula is C18H25NO2. The van der Waals surface area contributed by atoms with Gasteiger partial charge in [0.25, 0.3) is 0 Å². The Balaban J connectivity index is 1.89. The summed E-state index contributed by atoms with van der Waals surface area (Å²) in [7, 11) is 0. The number of nitrogens with zero attached hydrogens (tertiary/aromatic N) is 1. The molecule has 3 nitrogen and oxygen atoms in total. The quantitative estimate of drug-likeness (QED) is 0.808. The van der Waals surface area contributed by atoms with Crippen molar-refractivity contribution in [2.75, 3.05) is 13.1 Å². The molecule has 1 N–H and O–H groups in total. The maximum atomic E-state index is 10.3. The molecule has 1 unspecified atom stereocenters. The Kier molecular flexibility index (Phi) is 6.03. The summed E-state index contributed by atoms with van der Waals surface area (Å²) in [6.45, 7) is 6.50. The molecule has 114 valence electrons. The zero-order valence-corrected chi connectivity index (χ0v) is 13.0. The first-order valence-corrected chi connectivity index (χ1v) is 7.67. The van der Waals surface area contributed by atoms with Gasteiger partial charge in [0, 0.05) is 6.54 Å². The maximum absolute atomic E-state index is 10.3. The fourth-order valence-electron chi connectivity index (χ4n) is 2.59. The SMILES string of the molecule is CCCN(Cc1ccc(C)o1)CC(O)Cc1ccccc1. The average molecular weight is 287 g/mol. The molecule has 0 aliphatic rings. The van der Waals surface area contributed by atoms with Gasteiger partial charge in [-0.1, -0.05) is 37.3 Å². The molecule has 0 saturated carbocycles. The van der Waals surface area contributed by atoms with Gasteiger partial charge in [-0.3, -0.25) is 4.90 Å². The molecule has 1 aromatic carbocycles. The van der Waals surface area contributed by atoms with E-state index < -0.39 is 0 Å². The van der Waals surface area contributed by atoms with Crippen LogP contribution in [-0.4, -0.2) is 29.2 Å². The van der Waals surface area contributed by atoms with Crippen LogP contribution in [0.2, 0.25) is 0 Å². The molecule has 0 radical (unpaired) electrons. The van der Waals surface area contributed by atoms with Gasteiger partial charge in [-0.2, -0.15) is 0 Å². The van der Waals surface area contributed by atoms with Crippen molar-refractivity contribution in [3.63, 3.8) is 0 Å². The number of aliphatic hydroxyl groups excluding tert-OH is 1. The average Bonchev–Trinajstić information content (AvgIpc) is 2.85. The lowest BCUT2D eigenvalue weighted by Gasteiger charge is -2.23. The van der Waals surface area contributed by atoms with E-state index in [0.29, 0.717) is 13.0 Å². The van der Waals surface area contributed by atoms with E-state index in [4.69, 9.17) is 4.42 Å². The van der Waals surface area contributed by atoms with E-state index in [2.05, 4.69) is 24.0 Å². The third kappa shape index (κ3) is 5.37. The number of aliphatic hydroxyl groups is 1. The van der Waals surface area contributed by atoms with Crippen LogP contribution in [-0.2, 0) is 13.0 Å². The Morgan fingerprint density at radius 3 is 2.52 bits per heavy atom. The third-order valence-electron chi connectivity index (χ3n) is 3.50. The number of hydrogen-bond donors (Lipinski definition) is 1. The van der Waals surface area contributed by atoms with Crippen molar-refractivity contribution in [1.82, 2.24) is 4.90 Å². The number of benzene rings is 1. The molecule has 0 bridgehead atoms. The van der Waals surface area contributed by atoms with Crippen LogP contribution in [0, 0.1) is 6.92 Å². The fourth-order valence-corrected chi connectivity index (χ4v) is 2.59. The normalized spacial score (nSPS) is 12.8. The van der Waals surface area contributed by atoms with E-state index in [-0.39, 0.29) is 6.10 Å². The van der Waals surface area contributed by atoms with Crippen molar-refractivity contribution in [2.45, 2.75) is 39.3 Å². The summed E-state index contributed by atoms with van der Waals surface area (Å²) in [5.41, 5.74) is 1.18. The molecule has 0 spiro atoms. The smallest absolute Gasteiger partial charge is 0.118 e. The minimum atomic E-state index is -0.352. The lowest BCUT2D eigenvalue weighted by Crippen LogP contribution is -2.33. The summed E-state index contributed by atoms with van der Waals surface area (Å²) >= 11 is 0. The summed E-state index contributed by atoms with van der Waals surface area (Å²) in [5.74, 6) is 1.90. The van der Waals surface area contributed by atoms with E-state index in [1.807, 2.05) is 37.3 Å². The second kappa shape index (κ2) is 8.01. The van der Waals surface area contributed by atoms with Gasteiger partial charge in [0.1, 0.15) is 11.5 Å². The Morgan fingerprint density at radius 2 is 1.90 bits per heavy atom. The molecule has 0 saturated heterocycles. The fraction of sp³-hybridized carbons (Fsp3) is 0.444. The maximum Gasteiger partial charge on any atom is 0.118 e. The summed E-state index contributed by atoms with van der Waals surface area (Å²) < 4.78 is 5.64. The minimum Gasteiger partial charge on any atom is -0.465 e. The first-order valence-electron chi connectivity index (χ1n) is 7.67. The molecule has 0 aliphatic heterocycles. The highest BCUT2D eigenvalue weighted by molar-refractivity contribution is 5.15. The molecular weight excluding hydrogens is 262 g/mol. The van der Waals surface area contributed by atoms with E-state index in [9.17, 15) is 5.11 Å². The molecule has 1 heterocycles. The van der Waals surface area contributed by atoms with Crippen molar-refractivity contribution in [3.05, 3.63) is 59.5 Å². The topological polar surface area (TPSA) is 36.6 Å². The lowest BCUT2D eigenvalue weighted by atomic mass is 10.1. The largest absolute Gasteiger partial charge is 0.465 e. The summed E-state index contributed by atoms with van der Waals surface area (Å²) in [5, 5.41) is 10.3. The van der Waals surface area contributed by atoms with Crippen molar-refractivity contribution in [1.29, 1.82) is 0 Å². The molecule has 2 rings (SSSR count). The van der Waals surface area contributed by atoms with Gasteiger partial charge in [-0.05, 0) is 44.0 Å². The molecule has 0 aliphatic carbocycles. The summed E-state index contributed by atoms with van der Waals surface area (Å²) in [6, 6.07) is 14.1. The van der Waals surface area contributed by atoms with Crippen LogP contribution in [0.3, 0.4) is 0 Å². The summed E-state index contributed by atoms with van der Waals surface area (Å²) in [6.07, 6.45) is 1.41. The van der Waals surface area contributed by atoms with Crippen LogP contribution in [0.25, 0.3) is 0 Å². The molecule has 3 heteroatoms. The van der Waals surface area contributed by atoms with Gasteiger partial charge < -0.3 is 9.52 Å². The van der Waals surface area contributed by atoms with Crippen LogP contribution in [0.5, 0.6) is 0 Å². The van der Waals surface area contributed by atoms with Crippen molar-refractivity contribution in [2.24, 2.45) is 0 Å². The first-order chi connectivity index (χ1) is 10.2. The number of furan rings is 1. The molecule has 0 amide bonds. The molecule has 21 heavy (non-hydrogen) atoms. The van der Waals surface area contributed by atoms with Gasteiger partial charge in [0.05, 0.1) is 12.6 Å². The zero-order valence-electron chi connectivity index (χ0n) is 13.0. The van der Waals surface area contributed by atoms with Gasteiger partial charge >= 0.3 is 0 Å². The molecule has 2 aromatic rings. The number of aryl methyl sites for hydroxylation is 1. The van der Waals surface area contributed by atoms with Gasteiger partial charge in [-0.15, -0.1) is 0 Å². The predicted octanol–water partition coefficient (Wildman–Crippen LogP) is 3.40. The van der Waals surface area contributed by atoms with E-state index in [1.54, 1.807) is 0 Å². The number of rotatable bonds is 8. The highest BCUT2D eigenvalue weighted by Crippen LogP contribution is 2.12. The van der Waals surface area contributed by atoms with Gasteiger partial charge in [0.15, 0.2) is 0 Å². The monoisotopic (exact) mass is 287 g/mol. The van der Waals surface area contributed by atoms with Crippen LogP contribution < -0.4 is 0 Å². The minimum absolute atomic E-state index is 0.352. The second-order valence-electron chi connectivity index (χ2n) is 5.59. The zero-order chi connectivity index (χ0) is 15.1. The Morgan fingerprint density at radius 1 is 1.14 bits per heavy atom. The van der Waals surface area contributed by atoms with Crippen molar-refractivity contribution >= 4 is 0 Å². The van der Waals surface area contributed by atoms with E-state index in [1.165, 1.54) is 5.56 Å². The molecule has 1 atom stereocenters. The van der Waals surface area contributed by atoms with Crippen molar-refractivity contribution < 1.29 is 9.52 Å². The van der Waals surface area contributed by atoms with Crippen LogP contribution in [0.15, 0.2) is 46.9 Å². The molecule has 1 aromatic heterocycles. The van der Waals surface area contributed by atoms with Crippen molar-refractivity contribution in [3.8, 4) is 0 Å². The standard InChI is InChI=1S/C18H25NO2/c1-3-11-19(14-18-10-9-15(2)21-18)13-17(20)12-16-7-5-4-6-8-16/h4-10,17,20H,3,11-14H2,1-2H3. The Labute approximate surface area is 127 Å². The van der Waals surface area contributed by atoms with E-state index >= 15 is 0 Å². The molecule has 0 fully saturated rings. The lowest BCUT2D eigenvalue weighted by molar-refractivity contribution is 0.104. The van der Waals surface area contributed by atoms with Crippen LogP contribution >= 0.6 is 0 Å². The predicted molar refractivity (Wildman–Crippen MR) is 85.2 cm³/mol. The third-order valence-corrected chi connectivity index (χ3v) is 3.50.